The Labute approximate surface area is 130 Å². The van der Waals surface area contributed by atoms with E-state index in [-0.39, 0.29) is 0 Å². The van der Waals surface area contributed by atoms with E-state index in [0.717, 1.165) is 17.6 Å². The lowest BCUT2D eigenvalue weighted by Crippen LogP contribution is -2.31. The molecule has 1 heterocycles. The number of aliphatic hydroxyl groups is 1. The number of aliphatic hydroxyl groups excluding tert-OH is 1. The number of fused-ring (bicyclic) bond motifs is 1. The molecule has 0 unspecified atom stereocenters. The van der Waals surface area contributed by atoms with Crippen LogP contribution in [0.4, 0.5) is 0 Å². The van der Waals surface area contributed by atoms with Crippen LogP contribution in [0.1, 0.15) is 5.56 Å². The maximum atomic E-state index is 10.3. The zero-order valence-electron chi connectivity index (χ0n) is 12.8. The fraction of sp³-hybridized carbons (Fsp3) is 0.278. The summed E-state index contributed by atoms with van der Waals surface area (Å²) in [7, 11) is 2.03. The summed E-state index contributed by atoms with van der Waals surface area (Å²) in [6.07, 6.45) is 1.37. The van der Waals surface area contributed by atoms with Gasteiger partial charge in [-0.05, 0) is 24.7 Å². The molecule has 1 aromatic heterocycles. The first-order valence-corrected chi connectivity index (χ1v) is 7.53. The zero-order chi connectivity index (χ0) is 15.4. The molecule has 114 valence electrons. The summed E-state index contributed by atoms with van der Waals surface area (Å²) in [5.74, 6) is 0. The van der Waals surface area contributed by atoms with E-state index in [2.05, 4.69) is 22.0 Å². The predicted octanol–water partition coefficient (Wildman–Crippen LogP) is 2.53. The number of imidazole rings is 1. The van der Waals surface area contributed by atoms with Gasteiger partial charge in [0.15, 0.2) is 0 Å². The van der Waals surface area contributed by atoms with Crippen LogP contribution in [0.25, 0.3) is 11.0 Å². The largest absolute Gasteiger partial charge is 0.390 e. The van der Waals surface area contributed by atoms with Gasteiger partial charge in [-0.3, -0.25) is 4.90 Å². The summed E-state index contributed by atoms with van der Waals surface area (Å²) >= 11 is 0. The maximum absolute atomic E-state index is 10.3. The second-order valence-electron chi connectivity index (χ2n) is 5.72. The summed E-state index contributed by atoms with van der Waals surface area (Å²) in [6.45, 7) is 2.02. The van der Waals surface area contributed by atoms with Gasteiger partial charge in [0.2, 0.25) is 0 Å². The Bertz CT molecular complexity index is 723. The van der Waals surface area contributed by atoms with Crippen molar-refractivity contribution in [3.05, 3.63) is 66.5 Å². The number of hydrogen-bond donors (Lipinski definition) is 1. The predicted molar refractivity (Wildman–Crippen MR) is 88.5 cm³/mol. The van der Waals surface area contributed by atoms with E-state index >= 15 is 0 Å². The number of para-hydroxylation sites is 2. The summed E-state index contributed by atoms with van der Waals surface area (Å²) in [5, 5.41) is 10.3. The van der Waals surface area contributed by atoms with Gasteiger partial charge in [0, 0.05) is 13.1 Å². The molecule has 0 saturated heterocycles. The third kappa shape index (κ3) is 3.53. The van der Waals surface area contributed by atoms with E-state index < -0.39 is 6.10 Å². The number of aromatic nitrogens is 2. The number of benzene rings is 2. The van der Waals surface area contributed by atoms with Crippen LogP contribution < -0.4 is 0 Å². The van der Waals surface area contributed by atoms with Gasteiger partial charge >= 0.3 is 0 Å². The van der Waals surface area contributed by atoms with Crippen molar-refractivity contribution < 1.29 is 5.11 Å². The highest BCUT2D eigenvalue weighted by Gasteiger charge is 2.11. The topological polar surface area (TPSA) is 41.3 Å². The highest BCUT2D eigenvalue weighted by atomic mass is 16.3. The SMILES string of the molecule is CN(Cc1ccccc1)C[C@H](O)Cn1cnc2ccccc21. The fourth-order valence-electron chi connectivity index (χ4n) is 2.76. The summed E-state index contributed by atoms with van der Waals surface area (Å²) in [6, 6.07) is 18.3. The normalized spacial score (nSPS) is 12.9. The number of likely N-dealkylation sites (N-methyl/N-ethyl adjacent to an activating group) is 1. The van der Waals surface area contributed by atoms with E-state index in [1.54, 1.807) is 6.33 Å². The fourth-order valence-corrected chi connectivity index (χ4v) is 2.76. The number of rotatable bonds is 6. The van der Waals surface area contributed by atoms with Crippen molar-refractivity contribution in [2.45, 2.75) is 19.2 Å². The molecule has 0 amide bonds. The Morgan fingerprint density at radius 3 is 2.64 bits per heavy atom. The van der Waals surface area contributed by atoms with Gasteiger partial charge < -0.3 is 9.67 Å². The van der Waals surface area contributed by atoms with Crippen molar-refractivity contribution >= 4 is 11.0 Å². The summed E-state index contributed by atoms with van der Waals surface area (Å²) < 4.78 is 2.01. The van der Waals surface area contributed by atoms with Crippen molar-refractivity contribution in [3.63, 3.8) is 0 Å². The van der Waals surface area contributed by atoms with Crippen LogP contribution in [0, 0.1) is 0 Å². The highest BCUT2D eigenvalue weighted by molar-refractivity contribution is 5.74. The molecule has 0 spiro atoms. The molecule has 0 aliphatic rings. The third-order valence-corrected chi connectivity index (χ3v) is 3.75. The molecule has 1 atom stereocenters. The van der Waals surface area contributed by atoms with Gasteiger partial charge in [0.1, 0.15) is 0 Å². The molecular weight excluding hydrogens is 274 g/mol. The summed E-state index contributed by atoms with van der Waals surface area (Å²) in [4.78, 5) is 6.49. The molecule has 2 aromatic carbocycles. The molecule has 0 aliphatic heterocycles. The van der Waals surface area contributed by atoms with Gasteiger partial charge in [0.05, 0.1) is 30.0 Å². The third-order valence-electron chi connectivity index (χ3n) is 3.75. The second kappa shape index (κ2) is 6.73. The lowest BCUT2D eigenvalue weighted by molar-refractivity contribution is 0.108. The Kier molecular flexibility index (Phi) is 4.51. The lowest BCUT2D eigenvalue weighted by Gasteiger charge is -2.21. The molecule has 4 nitrogen and oxygen atoms in total. The Morgan fingerprint density at radius 1 is 1.09 bits per heavy atom. The van der Waals surface area contributed by atoms with Crippen LogP contribution in [-0.4, -0.2) is 39.3 Å². The van der Waals surface area contributed by atoms with Crippen LogP contribution in [0.15, 0.2) is 60.9 Å². The Balaban J connectivity index is 1.59. The standard InChI is InChI=1S/C18H21N3O/c1-20(11-15-7-3-2-4-8-15)12-16(22)13-21-14-19-17-9-5-6-10-18(17)21/h2-10,14,16,22H,11-13H2,1H3/t16-/m0/s1. The minimum atomic E-state index is -0.425. The lowest BCUT2D eigenvalue weighted by atomic mass is 10.2. The number of nitrogens with zero attached hydrogens (tertiary/aromatic N) is 3. The minimum Gasteiger partial charge on any atom is -0.390 e. The Morgan fingerprint density at radius 2 is 1.82 bits per heavy atom. The van der Waals surface area contributed by atoms with Gasteiger partial charge in [-0.25, -0.2) is 4.98 Å². The van der Waals surface area contributed by atoms with E-state index in [1.165, 1.54) is 5.56 Å². The first-order valence-electron chi connectivity index (χ1n) is 7.53. The minimum absolute atomic E-state index is 0.425. The quantitative estimate of drug-likeness (QED) is 0.760. The summed E-state index contributed by atoms with van der Waals surface area (Å²) in [5.41, 5.74) is 3.28. The molecule has 0 bridgehead atoms. The first kappa shape index (κ1) is 14.8. The van der Waals surface area contributed by atoms with Crippen molar-refractivity contribution in [1.29, 1.82) is 0 Å². The molecule has 0 aliphatic carbocycles. The molecule has 3 aromatic rings. The maximum Gasteiger partial charge on any atom is 0.0959 e. The van der Waals surface area contributed by atoms with Crippen LogP contribution in [0.3, 0.4) is 0 Å². The van der Waals surface area contributed by atoms with Crippen molar-refractivity contribution in [1.82, 2.24) is 14.5 Å². The smallest absolute Gasteiger partial charge is 0.0959 e. The highest BCUT2D eigenvalue weighted by Crippen LogP contribution is 2.12. The van der Waals surface area contributed by atoms with E-state index in [1.807, 2.05) is 54.1 Å². The van der Waals surface area contributed by atoms with Crippen molar-refractivity contribution in [3.8, 4) is 0 Å². The van der Waals surface area contributed by atoms with E-state index in [9.17, 15) is 5.11 Å². The first-order chi connectivity index (χ1) is 10.7. The van der Waals surface area contributed by atoms with Gasteiger partial charge in [0.25, 0.3) is 0 Å². The van der Waals surface area contributed by atoms with Gasteiger partial charge in [-0.1, -0.05) is 42.5 Å². The van der Waals surface area contributed by atoms with Crippen molar-refractivity contribution in [2.24, 2.45) is 0 Å². The Hall–Kier alpha value is -2.17. The van der Waals surface area contributed by atoms with Gasteiger partial charge in [-0.2, -0.15) is 0 Å². The van der Waals surface area contributed by atoms with Crippen LogP contribution in [0.5, 0.6) is 0 Å². The van der Waals surface area contributed by atoms with Crippen LogP contribution in [0.2, 0.25) is 0 Å². The molecule has 22 heavy (non-hydrogen) atoms. The van der Waals surface area contributed by atoms with Crippen molar-refractivity contribution in [2.75, 3.05) is 13.6 Å². The zero-order valence-corrected chi connectivity index (χ0v) is 12.8. The molecule has 1 N–H and O–H groups in total. The number of hydrogen-bond acceptors (Lipinski definition) is 3. The molecule has 0 radical (unpaired) electrons. The monoisotopic (exact) mass is 295 g/mol. The molecule has 4 heteroatoms. The molecule has 0 saturated carbocycles. The molecule has 0 fully saturated rings. The van der Waals surface area contributed by atoms with Crippen LogP contribution in [-0.2, 0) is 13.1 Å². The average molecular weight is 295 g/mol. The van der Waals surface area contributed by atoms with E-state index in [0.29, 0.717) is 13.1 Å². The molecular formula is C18H21N3O. The second-order valence-corrected chi connectivity index (χ2v) is 5.72. The average Bonchev–Trinajstić information content (AvgIpc) is 2.91. The molecule has 3 rings (SSSR count). The van der Waals surface area contributed by atoms with E-state index in [4.69, 9.17) is 0 Å². The van der Waals surface area contributed by atoms with Gasteiger partial charge in [-0.15, -0.1) is 0 Å². The van der Waals surface area contributed by atoms with Crippen LogP contribution >= 0.6 is 0 Å².